The van der Waals surface area contributed by atoms with Crippen molar-refractivity contribution in [2.24, 2.45) is 11.1 Å². The Morgan fingerprint density at radius 2 is 1.81 bits per heavy atom. The molecule has 0 spiro atoms. The molecular weight excluding hydrogens is 404 g/mol. The SMILES string of the molecule is CC1(C)CN(C(=O)C(CCC(N)=O)NC(=O)CCCc2ccccc2)C1c1ccncc1. The highest BCUT2D eigenvalue weighted by molar-refractivity contribution is 5.89. The van der Waals surface area contributed by atoms with Crippen LogP contribution in [0.5, 0.6) is 0 Å². The number of hydrogen-bond donors (Lipinski definition) is 2. The Hall–Kier alpha value is -3.22. The summed E-state index contributed by atoms with van der Waals surface area (Å²) < 4.78 is 0. The number of aromatic nitrogens is 1. The van der Waals surface area contributed by atoms with Crippen LogP contribution in [0, 0.1) is 5.41 Å². The molecule has 2 aromatic rings. The van der Waals surface area contributed by atoms with Crippen LogP contribution in [-0.4, -0.2) is 40.2 Å². The third-order valence-corrected chi connectivity index (χ3v) is 5.96. The van der Waals surface area contributed by atoms with Crippen LogP contribution in [0.2, 0.25) is 0 Å². The number of aryl methyl sites for hydroxylation is 1. The predicted octanol–water partition coefficient (Wildman–Crippen LogP) is 2.76. The minimum atomic E-state index is -0.771. The molecule has 1 aliphatic heterocycles. The predicted molar refractivity (Wildman–Crippen MR) is 122 cm³/mol. The minimum Gasteiger partial charge on any atom is -0.370 e. The Labute approximate surface area is 189 Å². The number of primary amides is 1. The summed E-state index contributed by atoms with van der Waals surface area (Å²) in [5, 5.41) is 2.86. The van der Waals surface area contributed by atoms with Gasteiger partial charge in [0.15, 0.2) is 0 Å². The molecule has 0 aliphatic carbocycles. The van der Waals surface area contributed by atoms with Crippen molar-refractivity contribution in [2.75, 3.05) is 6.54 Å². The number of carbonyl (C=O) groups excluding carboxylic acids is 3. The largest absolute Gasteiger partial charge is 0.370 e. The van der Waals surface area contributed by atoms with Gasteiger partial charge in [-0.2, -0.15) is 0 Å². The maximum atomic E-state index is 13.4. The second kappa shape index (κ2) is 10.4. The summed E-state index contributed by atoms with van der Waals surface area (Å²) in [6, 6.07) is 12.9. The van der Waals surface area contributed by atoms with E-state index in [9.17, 15) is 14.4 Å². The van der Waals surface area contributed by atoms with Gasteiger partial charge in [-0.25, -0.2) is 0 Å². The molecule has 3 amide bonds. The second-order valence-electron chi connectivity index (χ2n) is 9.10. The number of carbonyl (C=O) groups is 3. The van der Waals surface area contributed by atoms with Gasteiger partial charge in [-0.05, 0) is 42.5 Å². The molecule has 1 aromatic carbocycles. The van der Waals surface area contributed by atoms with Crippen LogP contribution in [0.4, 0.5) is 0 Å². The summed E-state index contributed by atoms with van der Waals surface area (Å²) in [6.45, 7) is 4.81. The molecule has 1 aliphatic rings. The van der Waals surface area contributed by atoms with Gasteiger partial charge in [0.05, 0.1) is 6.04 Å². The maximum absolute atomic E-state index is 13.4. The molecule has 2 unspecified atom stereocenters. The normalized spacial score (nSPS) is 17.8. The van der Waals surface area contributed by atoms with Gasteiger partial charge in [-0.3, -0.25) is 19.4 Å². The van der Waals surface area contributed by atoms with Crippen molar-refractivity contribution >= 4 is 17.7 Å². The molecule has 3 rings (SSSR count). The van der Waals surface area contributed by atoms with Crippen molar-refractivity contribution in [3.05, 3.63) is 66.0 Å². The quantitative estimate of drug-likeness (QED) is 0.597. The van der Waals surface area contributed by atoms with Crippen LogP contribution in [-0.2, 0) is 20.8 Å². The van der Waals surface area contributed by atoms with E-state index in [1.54, 1.807) is 17.3 Å². The Balaban J connectivity index is 1.64. The monoisotopic (exact) mass is 436 g/mol. The number of nitrogens with zero attached hydrogens (tertiary/aromatic N) is 2. The highest BCUT2D eigenvalue weighted by Crippen LogP contribution is 2.48. The maximum Gasteiger partial charge on any atom is 0.245 e. The number of rotatable bonds is 10. The smallest absolute Gasteiger partial charge is 0.245 e. The number of nitrogens with two attached hydrogens (primary N) is 1. The van der Waals surface area contributed by atoms with E-state index in [-0.39, 0.29) is 36.1 Å². The molecule has 1 aromatic heterocycles. The Morgan fingerprint density at radius 1 is 1.12 bits per heavy atom. The topological polar surface area (TPSA) is 105 Å². The van der Waals surface area contributed by atoms with Gasteiger partial charge in [0.2, 0.25) is 17.7 Å². The molecule has 7 heteroatoms. The minimum absolute atomic E-state index is 0.0395. The summed E-state index contributed by atoms with van der Waals surface area (Å²) in [7, 11) is 0. The lowest BCUT2D eigenvalue weighted by Crippen LogP contribution is -2.62. The van der Waals surface area contributed by atoms with Crippen molar-refractivity contribution in [3.8, 4) is 0 Å². The summed E-state index contributed by atoms with van der Waals surface area (Å²) in [5.41, 5.74) is 7.40. The Morgan fingerprint density at radius 3 is 2.44 bits per heavy atom. The number of amides is 3. The number of likely N-dealkylation sites (tertiary alicyclic amines) is 1. The van der Waals surface area contributed by atoms with Crippen LogP contribution in [0.3, 0.4) is 0 Å². The van der Waals surface area contributed by atoms with Gasteiger partial charge in [0.25, 0.3) is 0 Å². The van der Waals surface area contributed by atoms with Gasteiger partial charge in [0.1, 0.15) is 6.04 Å². The van der Waals surface area contributed by atoms with Crippen molar-refractivity contribution in [1.82, 2.24) is 15.2 Å². The first kappa shape index (κ1) is 23.4. The Bertz CT molecular complexity index is 931. The molecule has 170 valence electrons. The van der Waals surface area contributed by atoms with E-state index in [1.807, 2.05) is 42.5 Å². The fraction of sp³-hybridized carbons (Fsp3) is 0.440. The van der Waals surface area contributed by atoms with E-state index >= 15 is 0 Å². The summed E-state index contributed by atoms with van der Waals surface area (Å²) in [5.74, 6) is -0.858. The average molecular weight is 437 g/mol. The van der Waals surface area contributed by atoms with Gasteiger partial charge in [0, 0.05) is 37.2 Å². The van der Waals surface area contributed by atoms with E-state index < -0.39 is 11.9 Å². The Kier molecular flexibility index (Phi) is 7.62. The summed E-state index contributed by atoms with van der Waals surface area (Å²) in [6.07, 6.45) is 5.45. The molecule has 0 radical (unpaired) electrons. The first-order valence-electron chi connectivity index (χ1n) is 11.1. The van der Waals surface area contributed by atoms with Crippen LogP contribution >= 0.6 is 0 Å². The zero-order valence-electron chi connectivity index (χ0n) is 18.8. The van der Waals surface area contributed by atoms with E-state index in [0.717, 1.165) is 12.0 Å². The fourth-order valence-corrected chi connectivity index (χ4v) is 4.42. The average Bonchev–Trinajstić information content (AvgIpc) is 2.76. The van der Waals surface area contributed by atoms with Crippen LogP contribution in [0.25, 0.3) is 0 Å². The van der Waals surface area contributed by atoms with Gasteiger partial charge >= 0.3 is 0 Å². The lowest BCUT2D eigenvalue weighted by Gasteiger charge is -2.55. The van der Waals surface area contributed by atoms with E-state index in [1.165, 1.54) is 5.56 Å². The molecule has 7 nitrogen and oxygen atoms in total. The number of nitrogens with one attached hydrogen (secondary N) is 1. The second-order valence-corrected chi connectivity index (χ2v) is 9.10. The third kappa shape index (κ3) is 5.93. The highest BCUT2D eigenvalue weighted by Gasteiger charge is 2.50. The van der Waals surface area contributed by atoms with E-state index in [0.29, 0.717) is 19.4 Å². The highest BCUT2D eigenvalue weighted by atomic mass is 16.2. The zero-order chi connectivity index (χ0) is 23.1. The molecular formula is C25H32N4O3. The lowest BCUT2D eigenvalue weighted by molar-refractivity contribution is -0.156. The zero-order valence-corrected chi connectivity index (χ0v) is 18.8. The van der Waals surface area contributed by atoms with Gasteiger partial charge < -0.3 is 16.0 Å². The molecule has 3 N–H and O–H groups in total. The van der Waals surface area contributed by atoms with E-state index in [2.05, 4.69) is 24.1 Å². The molecule has 1 saturated heterocycles. The molecule has 32 heavy (non-hydrogen) atoms. The van der Waals surface area contributed by atoms with Gasteiger partial charge in [-0.1, -0.05) is 44.2 Å². The first-order valence-corrected chi connectivity index (χ1v) is 11.1. The van der Waals surface area contributed by atoms with Crippen molar-refractivity contribution in [2.45, 2.75) is 58.0 Å². The summed E-state index contributed by atoms with van der Waals surface area (Å²) in [4.78, 5) is 43.2. The molecule has 1 fully saturated rings. The molecule has 2 atom stereocenters. The molecule has 0 saturated carbocycles. The number of pyridine rings is 1. The lowest BCUT2D eigenvalue weighted by atomic mass is 9.71. The molecule has 2 heterocycles. The van der Waals surface area contributed by atoms with Crippen LogP contribution < -0.4 is 11.1 Å². The number of benzene rings is 1. The first-order chi connectivity index (χ1) is 15.3. The third-order valence-electron chi connectivity index (χ3n) is 5.96. The standard InChI is InChI=1S/C25H32N4O3/c1-25(2)17-29(23(25)19-13-15-27-16-14-19)24(32)20(11-12-21(26)30)28-22(31)10-6-9-18-7-4-3-5-8-18/h3-5,7-8,13-16,20,23H,6,9-12,17H2,1-2H3,(H2,26,30)(H,28,31). The number of hydrogen-bond acceptors (Lipinski definition) is 4. The van der Waals surface area contributed by atoms with Crippen LogP contribution in [0.15, 0.2) is 54.9 Å². The van der Waals surface area contributed by atoms with Crippen LogP contribution in [0.1, 0.15) is 56.7 Å². The van der Waals surface area contributed by atoms with Crippen molar-refractivity contribution in [3.63, 3.8) is 0 Å². The van der Waals surface area contributed by atoms with Gasteiger partial charge in [-0.15, -0.1) is 0 Å². The summed E-state index contributed by atoms with van der Waals surface area (Å²) >= 11 is 0. The van der Waals surface area contributed by atoms with E-state index in [4.69, 9.17) is 5.73 Å². The van der Waals surface area contributed by atoms with Crippen molar-refractivity contribution in [1.29, 1.82) is 0 Å². The van der Waals surface area contributed by atoms with Crippen molar-refractivity contribution < 1.29 is 14.4 Å². The fourth-order valence-electron chi connectivity index (χ4n) is 4.42. The molecule has 0 bridgehead atoms.